The van der Waals surface area contributed by atoms with Gasteiger partial charge in [-0.25, -0.2) is 4.39 Å². The average molecular weight is 436 g/mol. The first-order chi connectivity index (χ1) is 13.1. The van der Waals surface area contributed by atoms with Crippen LogP contribution in [0.5, 0.6) is 0 Å². The van der Waals surface area contributed by atoms with Crippen LogP contribution in [0, 0.1) is 11.2 Å². The minimum atomic E-state index is -0.560. The highest BCUT2D eigenvalue weighted by molar-refractivity contribution is 7.08. The SMILES string of the molecule is CC(C)(C)C(=O)/C=c1\s/c(=C/c2ccsc2)c(=O)n1Cc1ccc(F)cc1Cl. The summed E-state index contributed by atoms with van der Waals surface area (Å²) >= 11 is 8.96. The predicted molar refractivity (Wildman–Crippen MR) is 115 cm³/mol. The molecule has 0 atom stereocenters. The molecule has 0 saturated carbocycles. The Morgan fingerprint density at radius 1 is 1.29 bits per heavy atom. The Hall–Kier alpha value is -2.02. The van der Waals surface area contributed by atoms with Crippen LogP contribution in [-0.4, -0.2) is 10.4 Å². The van der Waals surface area contributed by atoms with Crippen molar-refractivity contribution < 1.29 is 9.18 Å². The molecule has 7 heteroatoms. The van der Waals surface area contributed by atoms with E-state index >= 15 is 0 Å². The van der Waals surface area contributed by atoms with Gasteiger partial charge in [0.15, 0.2) is 5.78 Å². The minimum Gasteiger partial charge on any atom is -0.294 e. The lowest BCUT2D eigenvalue weighted by Gasteiger charge is -2.13. The third kappa shape index (κ3) is 4.69. The number of carbonyl (C=O) groups excluding carboxylic acids is 1. The number of halogens is 2. The van der Waals surface area contributed by atoms with Crippen LogP contribution in [-0.2, 0) is 11.3 Å². The normalized spacial score (nSPS) is 13.3. The minimum absolute atomic E-state index is 0.0743. The topological polar surface area (TPSA) is 39.1 Å². The van der Waals surface area contributed by atoms with Crippen molar-refractivity contribution in [3.05, 3.63) is 76.5 Å². The molecule has 146 valence electrons. The molecule has 0 bridgehead atoms. The average Bonchev–Trinajstić information content (AvgIpc) is 3.20. The van der Waals surface area contributed by atoms with Crippen LogP contribution in [0.2, 0.25) is 5.02 Å². The largest absolute Gasteiger partial charge is 0.294 e. The maximum absolute atomic E-state index is 13.4. The second kappa shape index (κ2) is 8.15. The van der Waals surface area contributed by atoms with Gasteiger partial charge in [-0.3, -0.25) is 14.2 Å². The lowest BCUT2D eigenvalue weighted by molar-refractivity contribution is -0.120. The Kier molecular flexibility index (Phi) is 6.03. The molecule has 0 N–H and O–H groups in total. The molecule has 0 saturated heterocycles. The Morgan fingerprint density at radius 2 is 2.04 bits per heavy atom. The van der Waals surface area contributed by atoms with Crippen LogP contribution < -0.4 is 14.8 Å². The summed E-state index contributed by atoms with van der Waals surface area (Å²) in [6.07, 6.45) is 3.32. The number of benzene rings is 1. The molecule has 2 aromatic heterocycles. The molecule has 0 aliphatic rings. The first kappa shape index (κ1) is 20.7. The fourth-order valence-electron chi connectivity index (χ4n) is 2.45. The molecule has 0 aliphatic heterocycles. The standard InChI is InChI=1S/C21H19ClFNO2S2/c1-21(2,3)18(25)10-19-24(11-14-4-5-15(23)9-16(14)22)20(26)17(28-19)8-13-6-7-27-12-13/h4-10,12H,11H2,1-3H3/b17-8+,19-10-. The van der Waals surface area contributed by atoms with Crippen molar-refractivity contribution in [2.75, 3.05) is 0 Å². The molecule has 3 aromatic rings. The number of Topliss-reactive ketones (excluding diaryl/α,β-unsaturated/α-hetero) is 1. The lowest BCUT2D eigenvalue weighted by Crippen LogP contribution is -2.33. The molecule has 1 aromatic carbocycles. The van der Waals surface area contributed by atoms with Crippen molar-refractivity contribution in [1.29, 1.82) is 0 Å². The van der Waals surface area contributed by atoms with Gasteiger partial charge in [0.1, 0.15) is 10.5 Å². The summed E-state index contributed by atoms with van der Waals surface area (Å²) in [7, 11) is 0. The van der Waals surface area contributed by atoms with E-state index in [0.717, 1.165) is 5.56 Å². The van der Waals surface area contributed by atoms with E-state index in [9.17, 15) is 14.0 Å². The second-order valence-electron chi connectivity index (χ2n) is 7.39. The van der Waals surface area contributed by atoms with Gasteiger partial charge in [0, 0.05) is 16.5 Å². The van der Waals surface area contributed by atoms with Gasteiger partial charge in [0.25, 0.3) is 5.56 Å². The van der Waals surface area contributed by atoms with E-state index in [0.29, 0.717) is 14.8 Å². The molecule has 0 unspecified atom stereocenters. The quantitative estimate of drug-likeness (QED) is 0.620. The summed E-state index contributed by atoms with van der Waals surface area (Å²) in [6.45, 7) is 5.65. The zero-order chi connectivity index (χ0) is 20.5. The summed E-state index contributed by atoms with van der Waals surface area (Å²) in [4.78, 5) is 25.6. The van der Waals surface area contributed by atoms with Crippen LogP contribution in [0.3, 0.4) is 0 Å². The number of hydrogen-bond acceptors (Lipinski definition) is 4. The van der Waals surface area contributed by atoms with Crippen LogP contribution in [0.15, 0.2) is 39.8 Å². The summed E-state index contributed by atoms with van der Waals surface area (Å²) in [5.74, 6) is -0.512. The van der Waals surface area contributed by atoms with Crippen molar-refractivity contribution in [2.24, 2.45) is 5.41 Å². The van der Waals surface area contributed by atoms with Crippen molar-refractivity contribution >= 4 is 52.2 Å². The van der Waals surface area contributed by atoms with E-state index in [-0.39, 0.29) is 22.9 Å². The number of ketones is 1. The number of thiophene rings is 1. The Balaban J connectivity index is 2.19. The third-order valence-corrected chi connectivity index (χ3v) is 6.23. The molecule has 0 amide bonds. The molecular formula is C21H19ClFNO2S2. The number of nitrogens with zero attached hydrogens (tertiary/aromatic N) is 1. The highest BCUT2D eigenvalue weighted by atomic mass is 35.5. The summed E-state index contributed by atoms with van der Waals surface area (Å²) in [5.41, 5.74) is 0.784. The Morgan fingerprint density at radius 3 is 2.64 bits per heavy atom. The molecular weight excluding hydrogens is 417 g/mol. The molecule has 3 rings (SSSR count). The monoisotopic (exact) mass is 435 g/mol. The zero-order valence-electron chi connectivity index (χ0n) is 15.7. The van der Waals surface area contributed by atoms with Gasteiger partial charge in [-0.2, -0.15) is 11.3 Å². The first-order valence-corrected chi connectivity index (χ1v) is 10.7. The second-order valence-corrected chi connectivity index (χ2v) is 9.64. The molecule has 2 heterocycles. The van der Waals surface area contributed by atoms with E-state index in [4.69, 9.17) is 11.6 Å². The summed E-state index contributed by atoms with van der Waals surface area (Å²) in [5, 5.41) is 4.13. The van der Waals surface area contributed by atoms with Gasteiger partial charge in [0.05, 0.1) is 11.1 Å². The zero-order valence-corrected chi connectivity index (χ0v) is 18.1. The third-order valence-electron chi connectivity index (χ3n) is 4.11. The van der Waals surface area contributed by atoms with E-state index in [2.05, 4.69) is 0 Å². The maximum Gasteiger partial charge on any atom is 0.269 e. The Labute approximate surface area is 175 Å². The van der Waals surface area contributed by atoms with Gasteiger partial charge >= 0.3 is 0 Å². The van der Waals surface area contributed by atoms with Gasteiger partial charge in [-0.1, -0.05) is 38.4 Å². The molecule has 0 aliphatic carbocycles. The number of aromatic nitrogens is 1. The lowest BCUT2D eigenvalue weighted by atomic mass is 9.91. The van der Waals surface area contributed by atoms with E-state index in [1.807, 2.05) is 43.7 Å². The smallest absolute Gasteiger partial charge is 0.269 e. The molecule has 3 nitrogen and oxygen atoms in total. The van der Waals surface area contributed by atoms with Crippen molar-refractivity contribution in [2.45, 2.75) is 27.3 Å². The highest BCUT2D eigenvalue weighted by Crippen LogP contribution is 2.18. The van der Waals surface area contributed by atoms with Crippen LogP contribution in [0.1, 0.15) is 31.9 Å². The van der Waals surface area contributed by atoms with Crippen molar-refractivity contribution in [3.63, 3.8) is 0 Å². The van der Waals surface area contributed by atoms with Crippen LogP contribution in [0.4, 0.5) is 4.39 Å². The summed E-state index contributed by atoms with van der Waals surface area (Å²) in [6, 6.07) is 6.01. The number of rotatable bonds is 4. The van der Waals surface area contributed by atoms with Gasteiger partial charge in [-0.15, -0.1) is 11.3 Å². The van der Waals surface area contributed by atoms with E-state index in [1.54, 1.807) is 17.4 Å². The van der Waals surface area contributed by atoms with Crippen molar-refractivity contribution in [1.82, 2.24) is 4.57 Å². The van der Waals surface area contributed by atoms with Gasteiger partial charge < -0.3 is 0 Å². The molecule has 0 fully saturated rings. The van der Waals surface area contributed by atoms with Gasteiger partial charge in [0.2, 0.25) is 0 Å². The van der Waals surface area contributed by atoms with Crippen LogP contribution >= 0.6 is 34.3 Å². The van der Waals surface area contributed by atoms with E-state index in [1.165, 1.54) is 34.1 Å². The predicted octanol–water partition coefficient (Wildman–Crippen LogP) is 4.04. The summed E-state index contributed by atoms with van der Waals surface area (Å²) < 4.78 is 16.0. The van der Waals surface area contributed by atoms with Crippen molar-refractivity contribution in [3.8, 4) is 0 Å². The maximum atomic E-state index is 13.4. The highest BCUT2D eigenvalue weighted by Gasteiger charge is 2.19. The number of carbonyl (C=O) groups is 1. The molecule has 28 heavy (non-hydrogen) atoms. The number of hydrogen-bond donors (Lipinski definition) is 0. The van der Waals surface area contributed by atoms with Gasteiger partial charge in [-0.05, 0) is 46.2 Å². The first-order valence-electron chi connectivity index (χ1n) is 8.59. The molecule has 0 radical (unpaired) electrons. The number of thiazole rings is 1. The van der Waals surface area contributed by atoms with E-state index < -0.39 is 11.2 Å². The fraction of sp³-hybridized carbons (Fsp3) is 0.238. The van der Waals surface area contributed by atoms with Crippen LogP contribution in [0.25, 0.3) is 12.2 Å². The Bertz CT molecular complexity index is 1180. The molecule has 0 spiro atoms. The fourth-order valence-corrected chi connectivity index (χ4v) is 4.34.